The Labute approximate surface area is 211 Å². The molecule has 200 valence electrons. The zero-order valence-electron chi connectivity index (χ0n) is 20.0. The summed E-state index contributed by atoms with van der Waals surface area (Å²) in [6.07, 6.45) is 13.2. The molecular formula is C22H32N4O8S2. The fourth-order valence-electron chi connectivity index (χ4n) is 4.20. The lowest BCUT2D eigenvalue weighted by atomic mass is 9.89. The molecule has 4 rings (SSSR count). The number of aromatic nitrogens is 4. The van der Waals surface area contributed by atoms with Gasteiger partial charge in [-0.05, 0) is 69.4 Å². The van der Waals surface area contributed by atoms with Crippen LogP contribution in [-0.4, -0.2) is 71.6 Å². The van der Waals surface area contributed by atoms with E-state index in [1.165, 1.54) is 0 Å². The van der Waals surface area contributed by atoms with Crippen molar-refractivity contribution in [1.29, 1.82) is 0 Å². The molecule has 0 spiro atoms. The SMILES string of the molecule is CS(=O)(=O)OC1CCC(Oc2ncccn2)CC1.O=S(=O)(O)CC1CCC(Oc2ncccn2)CC1. The zero-order valence-corrected chi connectivity index (χ0v) is 21.7. The van der Waals surface area contributed by atoms with Gasteiger partial charge in [-0.25, -0.2) is 19.9 Å². The van der Waals surface area contributed by atoms with E-state index in [-0.39, 0.29) is 30.0 Å². The quantitative estimate of drug-likeness (QED) is 0.381. The molecule has 2 aliphatic rings. The maximum atomic E-state index is 11.0. The predicted molar refractivity (Wildman–Crippen MR) is 129 cm³/mol. The van der Waals surface area contributed by atoms with Gasteiger partial charge in [-0.1, -0.05) is 0 Å². The maximum absolute atomic E-state index is 11.0. The van der Waals surface area contributed by atoms with E-state index in [0.717, 1.165) is 44.8 Å². The Bertz CT molecular complexity index is 1030. The number of nitrogens with zero attached hydrogens (tertiary/aromatic N) is 4. The highest BCUT2D eigenvalue weighted by Crippen LogP contribution is 2.27. The fraction of sp³-hybridized carbons (Fsp3) is 0.636. The van der Waals surface area contributed by atoms with E-state index >= 15 is 0 Å². The molecule has 2 aromatic heterocycles. The summed E-state index contributed by atoms with van der Waals surface area (Å²) in [4.78, 5) is 15.9. The second-order valence-electron chi connectivity index (χ2n) is 8.89. The Balaban J connectivity index is 0.000000201. The Morgan fingerprint density at radius 3 is 1.50 bits per heavy atom. The summed E-state index contributed by atoms with van der Waals surface area (Å²) in [5.74, 6) is -0.127. The lowest BCUT2D eigenvalue weighted by Crippen LogP contribution is -2.30. The van der Waals surface area contributed by atoms with Gasteiger partial charge in [0.25, 0.3) is 20.2 Å². The summed E-state index contributed by atoms with van der Waals surface area (Å²) in [7, 11) is -7.23. The van der Waals surface area contributed by atoms with E-state index in [1.54, 1.807) is 36.9 Å². The molecule has 0 unspecified atom stereocenters. The maximum Gasteiger partial charge on any atom is 0.316 e. The first kappa shape index (κ1) is 28.2. The van der Waals surface area contributed by atoms with Gasteiger partial charge in [0.1, 0.15) is 12.2 Å². The van der Waals surface area contributed by atoms with Crippen LogP contribution in [-0.2, 0) is 24.4 Å². The van der Waals surface area contributed by atoms with Crippen molar-refractivity contribution in [3.8, 4) is 12.0 Å². The van der Waals surface area contributed by atoms with Crippen LogP contribution in [0.1, 0.15) is 51.4 Å². The van der Waals surface area contributed by atoms with E-state index in [1.807, 2.05) is 0 Å². The van der Waals surface area contributed by atoms with Gasteiger partial charge >= 0.3 is 12.0 Å². The fourth-order valence-corrected chi connectivity index (χ4v) is 5.81. The topological polar surface area (TPSA) is 168 Å². The van der Waals surface area contributed by atoms with Gasteiger partial charge in [0.2, 0.25) is 0 Å². The summed E-state index contributed by atoms with van der Waals surface area (Å²) in [5, 5.41) is 0. The highest BCUT2D eigenvalue weighted by atomic mass is 32.2. The monoisotopic (exact) mass is 544 g/mol. The van der Waals surface area contributed by atoms with Gasteiger partial charge in [0.15, 0.2) is 0 Å². The standard InChI is InChI=1S/2C11H16N2O4S/c1-18(14,15)17-10-5-3-9(4-6-10)16-11-12-7-2-8-13-11;14-18(15,16)8-9-2-4-10(5-3-9)17-11-12-6-1-7-13-11/h2,7-10H,3-6H2,1H3;1,6-7,9-10H,2-5,8H2,(H,14,15,16). The summed E-state index contributed by atoms with van der Waals surface area (Å²) in [5.41, 5.74) is 0. The van der Waals surface area contributed by atoms with Crippen molar-refractivity contribution in [1.82, 2.24) is 19.9 Å². The van der Waals surface area contributed by atoms with Crippen LogP contribution in [0.15, 0.2) is 36.9 Å². The van der Waals surface area contributed by atoms with Crippen molar-refractivity contribution in [3.63, 3.8) is 0 Å². The molecule has 0 radical (unpaired) electrons. The Kier molecular flexibility index (Phi) is 10.3. The van der Waals surface area contributed by atoms with Crippen molar-refractivity contribution in [3.05, 3.63) is 36.9 Å². The van der Waals surface area contributed by atoms with E-state index < -0.39 is 20.2 Å². The first-order chi connectivity index (χ1) is 17.1. The first-order valence-electron chi connectivity index (χ1n) is 11.8. The molecule has 2 aliphatic carbocycles. The van der Waals surface area contributed by atoms with E-state index in [2.05, 4.69) is 19.9 Å². The third-order valence-corrected chi connectivity index (χ3v) is 7.31. The van der Waals surface area contributed by atoms with Crippen molar-refractivity contribution >= 4 is 20.2 Å². The molecule has 1 N–H and O–H groups in total. The number of rotatable bonds is 8. The third-order valence-electron chi connectivity index (χ3n) is 5.80. The molecule has 0 atom stereocenters. The molecule has 0 amide bonds. The van der Waals surface area contributed by atoms with Crippen molar-refractivity contribution in [2.45, 2.75) is 69.7 Å². The molecule has 2 fully saturated rings. The minimum atomic E-state index is -3.87. The Morgan fingerprint density at radius 1 is 0.722 bits per heavy atom. The lowest BCUT2D eigenvalue weighted by molar-refractivity contribution is 0.0787. The largest absolute Gasteiger partial charge is 0.460 e. The molecule has 14 heteroatoms. The molecule has 12 nitrogen and oxygen atoms in total. The van der Waals surface area contributed by atoms with Gasteiger partial charge in [0, 0.05) is 24.8 Å². The molecule has 0 aromatic carbocycles. The smallest absolute Gasteiger partial charge is 0.316 e. The molecule has 0 saturated heterocycles. The molecule has 0 bridgehead atoms. The average molecular weight is 545 g/mol. The van der Waals surface area contributed by atoms with E-state index in [4.69, 9.17) is 18.2 Å². The summed E-state index contributed by atoms with van der Waals surface area (Å²) in [6, 6.07) is 4.17. The van der Waals surface area contributed by atoms with Crippen molar-refractivity contribution in [2.24, 2.45) is 5.92 Å². The highest BCUT2D eigenvalue weighted by molar-refractivity contribution is 7.86. The second-order valence-corrected chi connectivity index (χ2v) is 12.0. The number of hydrogen-bond donors (Lipinski definition) is 1. The minimum Gasteiger partial charge on any atom is -0.460 e. The summed E-state index contributed by atoms with van der Waals surface area (Å²) >= 11 is 0. The summed E-state index contributed by atoms with van der Waals surface area (Å²) < 4.78 is 68.5. The molecular weight excluding hydrogens is 512 g/mol. The van der Waals surface area contributed by atoms with Gasteiger partial charge in [0.05, 0.1) is 18.1 Å². The van der Waals surface area contributed by atoms with Crippen LogP contribution in [0.25, 0.3) is 0 Å². The van der Waals surface area contributed by atoms with Gasteiger partial charge in [-0.3, -0.25) is 8.74 Å². The van der Waals surface area contributed by atoms with Crippen LogP contribution in [0, 0.1) is 5.92 Å². The third kappa shape index (κ3) is 11.1. The zero-order chi connectivity index (χ0) is 26.0. The van der Waals surface area contributed by atoms with Crippen molar-refractivity contribution in [2.75, 3.05) is 12.0 Å². The second kappa shape index (κ2) is 13.2. The minimum absolute atomic E-state index is 0.0246. The molecule has 2 heterocycles. The van der Waals surface area contributed by atoms with Gasteiger partial charge < -0.3 is 9.47 Å². The summed E-state index contributed by atoms with van der Waals surface area (Å²) in [6.45, 7) is 0. The predicted octanol–water partition coefficient (Wildman–Crippen LogP) is 2.44. The Hall–Kier alpha value is -2.42. The van der Waals surface area contributed by atoms with Gasteiger partial charge in [-0.15, -0.1) is 0 Å². The molecule has 2 saturated carbocycles. The van der Waals surface area contributed by atoms with Crippen LogP contribution in [0.4, 0.5) is 0 Å². The van der Waals surface area contributed by atoms with Crippen molar-refractivity contribution < 1.29 is 35.0 Å². The van der Waals surface area contributed by atoms with Crippen LogP contribution < -0.4 is 9.47 Å². The highest BCUT2D eigenvalue weighted by Gasteiger charge is 2.27. The van der Waals surface area contributed by atoms with Crippen LogP contribution in [0.2, 0.25) is 0 Å². The molecule has 2 aromatic rings. The first-order valence-corrected chi connectivity index (χ1v) is 15.2. The Morgan fingerprint density at radius 2 is 1.11 bits per heavy atom. The average Bonchev–Trinajstić information content (AvgIpc) is 2.82. The normalized spacial score (nSPS) is 24.7. The van der Waals surface area contributed by atoms with E-state index in [0.29, 0.717) is 24.9 Å². The lowest BCUT2D eigenvalue weighted by Gasteiger charge is -2.27. The number of ether oxygens (including phenoxy) is 2. The van der Waals surface area contributed by atoms with Gasteiger partial charge in [-0.2, -0.15) is 16.8 Å². The van der Waals surface area contributed by atoms with Crippen LogP contribution >= 0.6 is 0 Å². The molecule has 0 aliphatic heterocycles. The molecule has 36 heavy (non-hydrogen) atoms. The van der Waals surface area contributed by atoms with Crippen LogP contribution in [0.3, 0.4) is 0 Å². The van der Waals surface area contributed by atoms with Crippen LogP contribution in [0.5, 0.6) is 12.0 Å². The number of hydrogen-bond acceptors (Lipinski definition) is 11. The van der Waals surface area contributed by atoms with E-state index in [9.17, 15) is 16.8 Å².